The predicted octanol–water partition coefficient (Wildman–Crippen LogP) is 8.20. The van der Waals surface area contributed by atoms with E-state index in [1.165, 1.54) is 0 Å². The van der Waals surface area contributed by atoms with Crippen LogP contribution in [0.3, 0.4) is 0 Å². The summed E-state index contributed by atoms with van der Waals surface area (Å²) in [5, 5.41) is 12.8. The third kappa shape index (κ3) is 6.87. The minimum absolute atomic E-state index is 0.00157. The number of nitrogens with one attached hydrogen (secondary N) is 1. The summed E-state index contributed by atoms with van der Waals surface area (Å²) in [6, 6.07) is 34.8. The summed E-state index contributed by atoms with van der Waals surface area (Å²) in [5.41, 5.74) is 5.32. The van der Waals surface area contributed by atoms with Gasteiger partial charge < -0.3 is 15.2 Å². The highest BCUT2D eigenvalue weighted by Gasteiger charge is 2.35. The van der Waals surface area contributed by atoms with E-state index in [1.807, 2.05) is 84.9 Å². The van der Waals surface area contributed by atoms with E-state index in [0.29, 0.717) is 12.2 Å². The van der Waals surface area contributed by atoms with E-state index < -0.39 is 17.5 Å². The zero-order valence-electron chi connectivity index (χ0n) is 23.7. The van der Waals surface area contributed by atoms with Crippen LogP contribution >= 0.6 is 0 Å². The molecule has 4 aromatic carbocycles. The second-order valence-electron chi connectivity index (χ2n) is 10.7. The number of amides is 1. The maximum Gasteiger partial charge on any atom is 0.345 e. The molecule has 1 amide bonds. The molecule has 2 unspecified atom stereocenters. The molecular formula is C37H35NO4. The first-order valence-corrected chi connectivity index (χ1v) is 14.4. The number of anilines is 1. The first kappa shape index (κ1) is 28.6. The number of carbonyl (C=O) groups is 2. The van der Waals surface area contributed by atoms with Gasteiger partial charge in [0.05, 0.1) is 5.41 Å². The Morgan fingerprint density at radius 1 is 0.833 bits per heavy atom. The van der Waals surface area contributed by atoms with Crippen molar-refractivity contribution < 1.29 is 19.4 Å². The fourth-order valence-corrected chi connectivity index (χ4v) is 5.33. The number of benzene rings is 4. The third-order valence-corrected chi connectivity index (χ3v) is 7.67. The maximum absolute atomic E-state index is 13.5. The Hall–Kier alpha value is -4.90. The van der Waals surface area contributed by atoms with Gasteiger partial charge in [0.15, 0.2) is 6.10 Å². The van der Waals surface area contributed by atoms with Gasteiger partial charge in [-0.2, -0.15) is 0 Å². The Labute approximate surface area is 247 Å². The number of ether oxygens (including phenoxy) is 1. The summed E-state index contributed by atoms with van der Waals surface area (Å²) in [7, 11) is 0. The van der Waals surface area contributed by atoms with Gasteiger partial charge in [-0.3, -0.25) is 4.79 Å². The molecule has 0 spiro atoms. The van der Waals surface area contributed by atoms with E-state index in [2.05, 4.69) is 42.6 Å². The molecule has 0 heterocycles. The van der Waals surface area contributed by atoms with E-state index in [1.54, 1.807) is 12.1 Å². The molecule has 0 saturated heterocycles. The molecule has 0 saturated carbocycles. The average molecular weight is 558 g/mol. The van der Waals surface area contributed by atoms with E-state index in [0.717, 1.165) is 46.4 Å². The SMILES string of the molecule is CCCC1(C(=O)Nc2ccc(-c3ccc(OC(Cc4ccccc4)C(=O)O)cc3)cc2)C=CC(c2ccccc2)=CC1. The summed E-state index contributed by atoms with van der Waals surface area (Å²) in [4.78, 5) is 25.3. The highest BCUT2D eigenvalue weighted by Crippen LogP contribution is 2.38. The molecule has 4 aromatic rings. The Bertz CT molecular complexity index is 1560. The molecule has 5 nitrogen and oxygen atoms in total. The molecule has 0 bridgehead atoms. The van der Waals surface area contributed by atoms with Gasteiger partial charge in [-0.15, -0.1) is 0 Å². The molecule has 0 radical (unpaired) electrons. The lowest BCUT2D eigenvalue weighted by Gasteiger charge is -2.31. The first-order chi connectivity index (χ1) is 20.5. The van der Waals surface area contributed by atoms with Gasteiger partial charge in [-0.1, -0.05) is 117 Å². The summed E-state index contributed by atoms with van der Waals surface area (Å²) < 4.78 is 5.80. The van der Waals surface area contributed by atoms with Gasteiger partial charge in [0, 0.05) is 12.1 Å². The summed E-state index contributed by atoms with van der Waals surface area (Å²) in [6.45, 7) is 2.11. The number of carboxylic acids is 1. The molecule has 212 valence electrons. The van der Waals surface area contributed by atoms with Gasteiger partial charge >= 0.3 is 5.97 Å². The van der Waals surface area contributed by atoms with Crippen molar-refractivity contribution in [2.24, 2.45) is 5.41 Å². The number of aliphatic carboxylic acids is 1. The molecular weight excluding hydrogens is 522 g/mol. The van der Waals surface area contributed by atoms with Crippen molar-refractivity contribution in [1.29, 1.82) is 0 Å². The van der Waals surface area contributed by atoms with Crippen molar-refractivity contribution in [3.63, 3.8) is 0 Å². The quantitative estimate of drug-likeness (QED) is 0.195. The third-order valence-electron chi connectivity index (χ3n) is 7.67. The van der Waals surface area contributed by atoms with Crippen molar-refractivity contribution in [3.8, 4) is 16.9 Å². The first-order valence-electron chi connectivity index (χ1n) is 14.4. The van der Waals surface area contributed by atoms with Gasteiger partial charge in [0.2, 0.25) is 5.91 Å². The minimum Gasteiger partial charge on any atom is -0.478 e. The number of rotatable bonds is 11. The van der Waals surface area contributed by atoms with E-state index in [-0.39, 0.29) is 12.3 Å². The van der Waals surface area contributed by atoms with Crippen molar-refractivity contribution in [1.82, 2.24) is 0 Å². The van der Waals surface area contributed by atoms with Gasteiger partial charge in [-0.25, -0.2) is 4.79 Å². The molecule has 0 fully saturated rings. The molecule has 1 aliphatic rings. The largest absolute Gasteiger partial charge is 0.478 e. The molecule has 42 heavy (non-hydrogen) atoms. The highest BCUT2D eigenvalue weighted by molar-refractivity contribution is 5.98. The van der Waals surface area contributed by atoms with Gasteiger partial charge in [0.25, 0.3) is 0 Å². The normalized spacial score (nSPS) is 16.7. The monoisotopic (exact) mass is 557 g/mol. The number of hydrogen-bond donors (Lipinski definition) is 2. The van der Waals surface area contributed by atoms with Crippen LogP contribution in [0.1, 0.15) is 37.3 Å². The second-order valence-corrected chi connectivity index (χ2v) is 10.7. The number of carboxylic acid groups (broad SMARTS) is 1. The lowest BCUT2D eigenvalue weighted by molar-refractivity contribution is -0.145. The molecule has 0 aromatic heterocycles. The lowest BCUT2D eigenvalue weighted by atomic mass is 9.75. The molecule has 2 atom stereocenters. The molecule has 0 aliphatic heterocycles. The minimum atomic E-state index is -1.00. The van der Waals surface area contributed by atoms with Crippen LogP contribution in [0.5, 0.6) is 5.75 Å². The average Bonchev–Trinajstić information content (AvgIpc) is 3.03. The van der Waals surface area contributed by atoms with E-state index >= 15 is 0 Å². The van der Waals surface area contributed by atoms with Crippen LogP contribution in [-0.4, -0.2) is 23.1 Å². The van der Waals surface area contributed by atoms with Crippen molar-refractivity contribution >= 4 is 23.1 Å². The van der Waals surface area contributed by atoms with Crippen LogP contribution in [-0.2, 0) is 16.0 Å². The van der Waals surface area contributed by atoms with Crippen molar-refractivity contribution in [2.75, 3.05) is 5.32 Å². The van der Waals surface area contributed by atoms with Crippen LogP contribution in [0.4, 0.5) is 5.69 Å². The van der Waals surface area contributed by atoms with Crippen molar-refractivity contribution in [3.05, 3.63) is 139 Å². The highest BCUT2D eigenvalue weighted by atomic mass is 16.5. The predicted molar refractivity (Wildman–Crippen MR) is 168 cm³/mol. The summed E-state index contributed by atoms with van der Waals surface area (Å²) >= 11 is 0. The fourth-order valence-electron chi connectivity index (χ4n) is 5.33. The Kier molecular flexibility index (Phi) is 8.98. The Morgan fingerprint density at radius 3 is 2.02 bits per heavy atom. The van der Waals surface area contributed by atoms with E-state index in [9.17, 15) is 14.7 Å². The van der Waals surface area contributed by atoms with Crippen LogP contribution in [0.15, 0.2) is 127 Å². The summed E-state index contributed by atoms with van der Waals surface area (Å²) in [5.74, 6) is -0.503. The standard InChI is InChI=1S/C37H35NO4/c1-2-23-37(24-21-31(22-25-37)28-11-7-4-8-12-28)36(41)38-32-17-13-29(14-18-32)30-15-19-33(20-16-30)42-34(35(39)40)26-27-9-5-3-6-10-27/h3-22,24,34H,2,23,25-26H2,1H3,(H,38,41)(H,39,40). The Balaban J connectivity index is 1.22. The topological polar surface area (TPSA) is 75.6 Å². The molecule has 5 rings (SSSR count). The van der Waals surface area contributed by atoms with E-state index in [4.69, 9.17) is 4.74 Å². The smallest absolute Gasteiger partial charge is 0.345 e. The lowest BCUT2D eigenvalue weighted by Crippen LogP contribution is -2.35. The van der Waals surface area contributed by atoms with Gasteiger partial charge in [0.1, 0.15) is 5.75 Å². The molecule has 1 aliphatic carbocycles. The van der Waals surface area contributed by atoms with Crippen LogP contribution in [0.25, 0.3) is 16.7 Å². The maximum atomic E-state index is 13.5. The number of allylic oxidation sites excluding steroid dienone is 3. The zero-order chi connectivity index (χ0) is 29.4. The van der Waals surface area contributed by atoms with Crippen LogP contribution in [0.2, 0.25) is 0 Å². The van der Waals surface area contributed by atoms with Crippen molar-refractivity contribution in [2.45, 2.75) is 38.7 Å². The Morgan fingerprint density at radius 2 is 1.45 bits per heavy atom. The fraction of sp³-hybridized carbons (Fsp3) is 0.189. The van der Waals surface area contributed by atoms with Gasteiger partial charge in [-0.05, 0) is 64.9 Å². The van der Waals surface area contributed by atoms with Crippen LogP contribution in [0, 0.1) is 5.41 Å². The summed E-state index contributed by atoms with van der Waals surface area (Å²) in [6.07, 6.45) is 7.96. The zero-order valence-corrected chi connectivity index (χ0v) is 23.7. The second kappa shape index (κ2) is 13.2. The molecule has 2 N–H and O–H groups in total. The number of hydrogen-bond acceptors (Lipinski definition) is 3. The van der Waals surface area contributed by atoms with Crippen LogP contribution < -0.4 is 10.1 Å². The molecule has 5 heteroatoms. The number of carbonyl (C=O) groups excluding carboxylic acids is 1.